The summed E-state index contributed by atoms with van der Waals surface area (Å²) in [5.41, 5.74) is 0. The van der Waals surface area contributed by atoms with Crippen LogP contribution in [0, 0.1) is 17.8 Å². The maximum Gasteiger partial charge on any atom is 0.338 e. The van der Waals surface area contributed by atoms with Crippen LogP contribution in [0.2, 0.25) is 0 Å². The summed E-state index contributed by atoms with van der Waals surface area (Å²) in [6.07, 6.45) is 2.43. The summed E-state index contributed by atoms with van der Waals surface area (Å²) in [4.78, 5) is 10.4. The number of fused-ring (bicyclic) bond motifs is 1. The van der Waals surface area contributed by atoms with Gasteiger partial charge in [0.05, 0.1) is 0 Å². The molecule has 0 radical (unpaired) electrons. The molecular weight excluding hydrogens is 159 g/mol. The largest absolute Gasteiger partial charge is 0.479 e. The molecule has 2 rings (SSSR count). The number of alkyl halides is 1. The molecule has 2 aliphatic carbocycles. The Balaban J connectivity index is 1.98. The first kappa shape index (κ1) is 8.02. The van der Waals surface area contributed by atoms with E-state index in [1.807, 2.05) is 0 Å². The Bertz CT molecular complexity index is 205. The minimum atomic E-state index is -1.61. The van der Waals surface area contributed by atoms with Crippen LogP contribution >= 0.6 is 0 Å². The van der Waals surface area contributed by atoms with Gasteiger partial charge in [0.15, 0.2) is 6.17 Å². The fraction of sp³-hybridized carbons (Fsp3) is 0.889. The zero-order valence-electron chi connectivity index (χ0n) is 6.87. The first-order chi connectivity index (χ1) is 5.70. The van der Waals surface area contributed by atoms with Gasteiger partial charge in [0.25, 0.3) is 0 Å². The Morgan fingerprint density at radius 1 is 1.50 bits per heavy atom. The highest BCUT2D eigenvalue weighted by molar-refractivity contribution is 5.72. The van der Waals surface area contributed by atoms with Crippen molar-refractivity contribution in [1.82, 2.24) is 0 Å². The first-order valence-electron chi connectivity index (χ1n) is 4.57. The molecular formula is C9H13FO2. The number of aliphatic carboxylic acids is 1. The van der Waals surface area contributed by atoms with E-state index in [-0.39, 0.29) is 5.92 Å². The third-order valence-electron chi connectivity index (χ3n) is 3.25. The van der Waals surface area contributed by atoms with Crippen LogP contribution in [0.5, 0.6) is 0 Å². The Kier molecular flexibility index (Phi) is 1.81. The average molecular weight is 172 g/mol. The minimum Gasteiger partial charge on any atom is -0.479 e. The Hall–Kier alpha value is -0.600. The van der Waals surface area contributed by atoms with Gasteiger partial charge >= 0.3 is 5.97 Å². The lowest BCUT2D eigenvalue weighted by atomic mass is 9.85. The van der Waals surface area contributed by atoms with Crippen molar-refractivity contribution in [1.29, 1.82) is 0 Å². The molecule has 0 aromatic carbocycles. The van der Waals surface area contributed by atoms with E-state index in [1.165, 1.54) is 6.42 Å². The minimum absolute atomic E-state index is 0.179. The van der Waals surface area contributed by atoms with Crippen LogP contribution in [0.25, 0.3) is 0 Å². The normalized spacial score (nSPS) is 41.6. The van der Waals surface area contributed by atoms with Crippen molar-refractivity contribution in [3.05, 3.63) is 0 Å². The van der Waals surface area contributed by atoms with Crippen LogP contribution in [-0.4, -0.2) is 17.2 Å². The van der Waals surface area contributed by atoms with E-state index in [4.69, 9.17) is 5.11 Å². The monoisotopic (exact) mass is 172 g/mol. The zero-order chi connectivity index (χ0) is 8.72. The van der Waals surface area contributed by atoms with Crippen LogP contribution in [0.1, 0.15) is 25.7 Å². The lowest BCUT2D eigenvalue weighted by molar-refractivity contribution is -0.145. The van der Waals surface area contributed by atoms with Gasteiger partial charge < -0.3 is 5.11 Å². The van der Waals surface area contributed by atoms with Crippen LogP contribution in [0.15, 0.2) is 0 Å². The summed E-state index contributed by atoms with van der Waals surface area (Å²) < 4.78 is 13.1. The predicted octanol–water partition coefficient (Wildman–Crippen LogP) is 1.85. The summed E-state index contributed by atoms with van der Waals surface area (Å²) in [6.45, 7) is 0. The molecule has 4 atom stereocenters. The van der Waals surface area contributed by atoms with Crippen LogP contribution in [0.3, 0.4) is 0 Å². The molecule has 0 aliphatic heterocycles. The second kappa shape index (κ2) is 2.71. The standard InChI is InChI=1S/C9H13FO2/c10-8(9(11)12)6-3-1-2-5-4-7(5)6/h5-8H,1-4H2,(H,11,12). The maximum absolute atomic E-state index is 13.1. The van der Waals surface area contributed by atoms with Gasteiger partial charge in [-0.25, -0.2) is 9.18 Å². The number of carboxylic acid groups (broad SMARTS) is 1. The third kappa shape index (κ3) is 1.21. The second-order valence-corrected chi connectivity index (χ2v) is 3.99. The molecule has 0 aromatic heterocycles. The maximum atomic E-state index is 13.1. The van der Waals surface area contributed by atoms with E-state index >= 15 is 0 Å². The average Bonchev–Trinajstić information content (AvgIpc) is 2.80. The zero-order valence-corrected chi connectivity index (χ0v) is 6.87. The van der Waals surface area contributed by atoms with Crippen molar-refractivity contribution < 1.29 is 14.3 Å². The quantitative estimate of drug-likeness (QED) is 0.690. The van der Waals surface area contributed by atoms with E-state index in [2.05, 4.69) is 0 Å². The number of hydrogen-bond donors (Lipinski definition) is 1. The van der Waals surface area contributed by atoms with E-state index < -0.39 is 12.1 Å². The van der Waals surface area contributed by atoms with Crippen molar-refractivity contribution in [2.24, 2.45) is 17.8 Å². The van der Waals surface area contributed by atoms with Crippen LogP contribution in [-0.2, 0) is 4.79 Å². The molecule has 0 spiro atoms. The molecule has 4 unspecified atom stereocenters. The number of halogens is 1. The number of rotatable bonds is 2. The van der Waals surface area contributed by atoms with E-state index in [1.54, 1.807) is 0 Å². The molecule has 0 amide bonds. The Morgan fingerprint density at radius 2 is 2.25 bits per heavy atom. The first-order valence-corrected chi connectivity index (χ1v) is 4.57. The van der Waals surface area contributed by atoms with Crippen molar-refractivity contribution in [3.63, 3.8) is 0 Å². The highest BCUT2D eigenvalue weighted by atomic mass is 19.1. The van der Waals surface area contributed by atoms with E-state index in [0.29, 0.717) is 11.8 Å². The summed E-state index contributed by atoms with van der Waals surface area (Å²) in [7, 11) is 0. The summed E-state index contributed by atoms with van der Waals surface area (Å²) in [5, 5.41) is 8.50. The second-order valence-electron chi connectivity index (χ2n) is 3.99. The van der Waals surface area contributed by atoms with Crippen LogP contribution in [0.4, 0.5) is 4.39 Å². The fourth-order valence-corrected chi connectivity index (χ4v) is 2.50. The van der Waals surface area contributed by atoms with Gasteiger partial charge in [-0.05, 0) is 24.7 Å². The Morgan fingerprint density at radius 3 is 2.92 bits per heavy atom. The molecule has 68 valence electrons. The fourth-order valence-electron chi connectivity index (χ4n) is 2.50. The molecule has 0 aromatic rings. The smallest absolute Gasteiger partial charge is 0.338 e. The van der Waals surface area contributed by atoms with Crippen molar-refractivity contribution in [2.75, 3.05) is 0 Å². The van der Waals surface area contributed by atoms with Gasteiger partial charge in [0.1, 0.15) is 0 Å². The third-order valence-corrected chi connectivity index (χ3v) is 3.25. The Labute approximate surface area is 70.8 Å². The summed E-state index contributed by atoms with van der Waals surface area (Å²) >= 11 is 0. The molecule has 3 heteroatoms. The molecule has 12 heavy (non-hydrogen) atoms. The van der Waals surface area contributed by atoms with E-state index in [0.717, 1.165) is 19.3 Å². The lowest BCUT2D eigenvalue weighted by Gasteiger charge is -2.21. The molecule has 0 heterocycles. The van der Waals surface area contributed by atoms with Gasteiger partial charge in [-0.3, -0.25) is 0 Å². The van der Waals surface area contributed by atoms with Gasteiger partial charge in [0, 0.05) is 5.92 Å². The number of hydrogen-bond acceptors (Lipinski definition) is 1. The lowest BCUT2D eigenvalue weighted by Crippen LogP contribution is -2.28. The molecule has 0 saturated heterocycles. The summed E-state index contributed by atoms with van der Waals surface area (Å²) in [5.74, 6) is -0.403. The molecule has 2 nitrogen and oxygen atoms in total. The van der Waals surface area contributed by atoms with Gasteiger partial charge in [0.2, 0.25) is 0 Å². The summed E-state index contributed by atoms with van der Waals surface area (Å²) in [6, 6.07) is 0. The molecule has 2 fully saturated rings. The van der Waals surface area contributed by atoms with Gasteiger partial charge in [-0.1, -0.05) is 12.8 Å². The molecule has 2 saturated carbocycles. The van der Waals surface area contributed by atoms with Crippen LogP contribution < -0.4 is 0 Å². The predicted molar refractivity (Wildman–Crippen MR) is 41.5 cm³/mol. The van der Waals surface area contributed by atoms with E-state index in [9.17, 15) is 9.18 Å². The SMILES string of the molecule is O=C(O)C(F)C1CCCC2CC21. The topological polar surface area (TPSA) is 37.3 Å². The number of carbonyl (C=O) groups is 1. The highest BCUT2D eigenvalue weighted by Crippen LogP contribution is 2.54. The molecule has 0 bridgehead atoms. The van der Waals surface area contributed by atoms with Crippen molar-refractivity contribution in [2.45, 2.75) is 31.9 Å². The van der Waals surface area contributed by atoms with Crippen molar-refractivity contribution in [3.8, 4) is 0 Å². The van der Waals surface area contributed by atoms with Gasteiger partial charge in [-0.2, -0.15) is 0 Å². The highest BCUT2D eigenvalue weighted by Gasteiger charge is 2.49. The van der Waals surface area contributed by atoms with Gasteiger partial charge in [-0.15, -0.1) is 0 Å². The molecule has 2 aliphatic rings. The number of carboxylic acids is 1. The van der Waals surface area contributed by atoms with Crippen molar-refractivity contribution >= 4 is 5.97 Å². The molecule has 1 N–H and O–H groups in total.